The highest BCUT2D eigenvalue weighted by Crippen LogP contribution is 2.25. The van der Waals surface area contributed by atoms with Gasteiger partial charge in [0, 0.05) is 17.8 Å². The zero-order valence-electron chi connectivity index (χ0n) is 14.7. The monoisotopic (exact) mass is 372 g/mol. The molecule has 1 aliphatic rings. The Hall–Kier alpha value is -2.67. The van der Waals surface area contributed by atoms with E-state index < -0.39 is 28.4 Å². The zero-order valence-corrected chi connectivity index (χ0v) is 15.5. The van der Waals surface area contributed by atoms with Crippen molar-refractivity contribution in [3.05, 3.63) is 65.2 Å². The van der Waals surface area contributed by atoms with Crippen LogP contribution in [-0.2, 0) is 20.6 Å². The molecule has 1 heterocycles. The molecule has 7 heteroatoms. The first kappa shape index (κ1) is 18.1. The maximum atomic E-state index is 12.8. The lowest BCUT2D eigenvalue weighted by Crippen LogP contribution is -2.48. The number of sulfonamides is 1. The van der Waals surface area contributed by atoms with E-state index in [9.17, 15) is 18.0 Å². The highest BCUT2D eigenvalue weighted by molar-refractivity contribution is 7.89. The molecule has 3 rings (SSSR count). The molecule has 0 fully saturated rings. The molecule has 0 unspecified atom stereocenters. The summed E-state index contributed by atoms with van der Waals surface area (Å²) in [6, 6.07) is 13.9. The molecule has 0 bridgehead atoms. The van der Waals surface area contributed by atoms with Crippen molar-refractivity contribution in [2.45, 2.75) is 19.6 Å². The number of likely N-dealkylation sites (N-methyl/N-ethyl adjacent to an activating group) is 1. The van der Waals surface area contributed by atoms with Crippen LogP contribution in [0, 0.1) is 6.92 Å². The van der Waals surface area contributed by atoms with Crippen LogP contribution >= 0.6 is 0 Å². The number of benzene rings is 2. The smallest absolute Gasteiger partial charge is 0.268 e. The van der Waals surface area contributed by atoms with Crippen molar-refractivity contribution in [3.8, 4) is 0 Å². The Morgan fingerprint density at radius 3 is 2.46 bits per heavy atom. The van der Waals surface area contributed by atoms with Crippen LogP contribution in [0.4, 0.5) is 5.69 Å². The fourth-order valence-corrected chi connectivity index (χ4v) is 4.57. The molecule has 2 amide bonds. The Labute approximate surface area is 153 Å². The number of nitrogens with zero attached hydrogens (tertiary/aromatic N) is 2. The molecule has 0 N–H and O–H groups in total. The minimum absolute atomic E-state index is 0.279. The summed E-state index contributed by atoms with van der Waals surface area (Å²) in [5.74, 6) is -1.36. The van der Waals surface area contributed by atoms with E-state index in [2.05, 4.69) is 0 Å². The molecule has 0 saturated carbocycles. The Balaban J connectivity index is 1.91. The predicted molar refractivity (Wildman–Crippen MR) is 99.3 cm³/mol. The standard InChI is InChI=1S/C19H20N2O4S/c1-3-20(17-11-7-4-8-14(17)2)18(22)12-21-19(23)16-10-6-5-9-15(16)13-26(21,24)25/h4-11H,3,12-13H2,1-2H3. The number of hydrogen-bond acceptors (Lipinski definition) is 4. The molecule has 0 spiro atoms. The number of amides is 2. The maximum absolute atomic E-state index is 12.8. The third-order valence-electron chi connectivity index (χ3n) is 4.45. The molecular weight excluding hydrogens is 352 g/mol. The zero-order chi connectivity index (χ0) is 18.9. The molecule has 26 heavy (non-hydrogen) atoms. The quantitative estimate of drug-likeness (QED) is 0.826. The van der Waals surface area contributed by atoms with E-state index in [1.807, 2.05) is 32.0 Å². The van der Waals surface area contributed by atoms with E-state index in [1.54, 1.807) is 30.3 Å². The summed E-state index contributed by atoms with van der Waals surface area (Å²) < 4.78 is 25.8. The van der Waals surface area contributed by atoms with Crippen LogP contribution in [0.15, 0.2) is 48.5 Å². The Kier molecular flexibility index (Phi) is 4.82. The van der Waals surface area contributed by atoms with E-state index in [-0.39, 0.29) is 5.75 Å². The van der Waals surface area contributed by atoms with Gasteiger partial charge in [0.25, 0.3) is 5.91 Å². The molecule has 0 atom stereocenters. The number of carbonyl (C=O) groups excluding carboxylic acids is 2. The minimum atomic E-state index is -3.88. The fourth-order valence-electron chi connectivity index (χ4n) is 3.12. The molecule has 2 aromatic rings. The average molecular weight is 372 g/mol. The van der Waals surface area contributed by atoms with Gasteiger partial charge in [-0.3, -0.25) is 9.59 Å². The second-order valence-electron chi connectivity index (χ2n) is 6.15. The van der Waals surface area contributed by atoms with Gasteiger partial charge in [-0.2, -0.15) is 0 Å². The van der Waals surface area contributed by atoms with Crippen LogP contribution in [0.1, 0.15) is 28.4 Å². The topological polar surface area (TPSA) is 74.8 Å². The Bertz CT molecular complexity index is 969. The van der Waals surface area contributed by atoms with Crippen LogP contribution in [0.2, 0.25) is 0 Å². The van der Waals surface area contributed by atoms with Crippen molar-refractivity contribution in [3.63, 3.8) is 0 Å². The number of rotatable bonds is 4. The molecule has 0 aliphatic carbocycles. The van der Waals surface area contributed by atoms with Crippen LogP contribution in [-0.4, -0.2) is 37.6 Å². The van der Waals surface area contributed by atoms with Crippen molar-refractivity contribution >= 4 is 27.5 Å². The maximum Gasteiger partial charge on any atom is 0.268 e. The predicted octanol–water partition coefficient (Wildman–Crippen LogP) is 2.33. The molecule has 0 aromatic heterocycles. The molecule has 0 radical (unpaired) electrons. The van der Waals surface area contributed by atoms with Gasteiger partial charge >= 0.3 is 0 Å². The van der Waals surface area contributed by atoms with Crippen molar-refractivity contribution in [1.29, 1.82) is 0 Å². The summed E-state index contributed by atoms with van der Waals surface area (Å²) in [5.41, 5.74) is 2.41. The van der Waals surface area contributed by atoms with Crippen LogP contribution in [0.3, 0.4) is 0 Å². The van der Waals surface area contributed by atoms with E-state index in [1.165, 1.54) is 4.90 Å². The highest BCUT2D eigenvalue weighted by atomic mass is 32.2. The van der Waals surface area contributed by atoms with E-state index in [4.69, 9.17) is 0 Å². The number of aryl methyl sites for hydroxylation is 1. The number of fused-ring (bicyclic) bond motifs is 1. The van der Waals surface area contributed by atoms with Crippen LogP contribution < -0.4 is 4.90 Å². The summed E-state index contributed by atoms with van der Waals surface area (Å²) in [6.07, 6.45) is 0. The van der Waals surface area contributed by atoms with Crippen LogP contribution in [0.25, 0.3) is 0 Å². The van der Waals surface area contributed by atoms with Gasteiger partial charge in [0.05, 0.1) is 5.75 Å². The highest BCUT2D eigenvalue weighted by Gasteiger charge is 2.37. The van der Waals surface area contributed by atoms with Gasteiger partial charge in [-0.05, 0) is 37.1 Å². The normalized spacial score (nSPS) is 15.5. The molecule has 2 aromatic carbocycles. The second-order valence-corrected chi connectivity index (χ2v) is 8.04. The van der Waals surface area contributed by atoms with Gasteiger partial charge in [0.15, 0.2) is 0 Å². The molecular formula is C19H20N2O4S. The third kappa shape index (κ3) is 3.22. The molecule has 6 nitrogen and oxygen atoms in total. The van der Waals surface area contributed by atoms with E-state index in [0.29, 0.717) is 27.7 Å². The lowest BCUT2D eigenvalue weighted by molar-refractivity contribution is -0.118. The van der Waals surface area contributed by atoms with Crippen molar-refractivity contribution in [1.82, 2.24) is 4.31 Å². The van der Waals surface area contributed by atoms with Crippen LogP contribution in [0.5, 0.6) is 0 Å². The van der Waals surface area contributed by atoms with Gasteiger partial charge in [0.2, 0.25) is 15.9 Å². The number of anilines is 1. The van der Waals surface area contributed by atoms with Gasteiger partial charge in [-0.25, -0.2) is 12.7 Å². The summed E-state index contributed by atoms with van der Waals surface area (Å²) in [5, 5.41) is 0. The van der Waals surface area contributed by atoms with Crippen molar-refractivity contribution in [2.24, 2.45) is 0 Å². The summed E-state index contributed by atoms with van der Waals surface area (Å²) in [6.45, 7) is 3.57. The minimum Gasteiger partial charge on any atom is -0.311 e. The van der Waals surface area contributed by atoms with Crippen molar-refractivity contribution < 1.29 is 18.0 Å². The first-order valence-electron chi connectivity index (χ1n) is 8.34. The van der Waals surface area contributed by atoms with Gasteiger partial charge < -0.3 is 4.90 Å². The van der Waals surface area contributed by atoms with Gasteiger partial charge in [-0.1, -0.05) is 36.4 Å². The third-order valence-corrected chi connectivity index (χ3v) is 6.09. The van der Waals surface area contributed by atoms with Gasteiger partial charge in [-0.15, -0.1) is 0 Å². The number of para-hydroxylation sites is 1. The SMILES string of the molecule is CCN(C(=O)CN1C(=O)c2ccccc2CS1(=O)=O)c1ccccc1C. The second kappa shape index (κ2) is 6.92. The summed E-state index contributed by atoms with van der Waals surface area (Å²) >= 11 is 0. The number of hydrogen-bond donors (Lipinski definition) is 0. The first-order valence-corrected chi connectivity index (χ1v) is 9.94. The summed E-state index contributed by atoms with van der Waals surface area (Å²) in [7, 11) is -3.88. The lowest BCUT2D eigenvalue weighted by atomic mass is 10.1. The lowest BCUT2D eigenvalue weighted by Gasteiger charge is -2.30. The summed E-state index contributed by atoms with van der Waals surface area (Å²) in [4.78, 5) is 27.0. The largest absolute Gasteiger partial charge is 0.311 e. The molecule has 1 aliphatic heterocycles. The fraction of sp³-hybridized carbons (Fsp3) is 0.263. The van der Waals surface area contributed by atoms with E-state index >= 15 is 0 Å². The Morgan fingerprint density at radius 2 is 1.77 bits per heavy atom. The molecule has 136 valence electrons. The molecule has 0 saturated heterocycles. The number of carbonyl (C=O) groups is 2. The van der Waals surface area contributed by atoms with Gasteiger partial charge in [0.1, 0.15) is 6.54 Å². The van der Waals surface area contributed by atoms with E-state index in [0.717, 1.165) is 5.56 Å². The average Bonchev–Trinajstić information content (AvgIpc) is 2.60. The first-order chi connectivity index (χ1) is 12.3. The Morgan fingerprint density at radius 1 is 1.12 bits per heavy atom. The van der Waals surface area contributed by atoms with Crippen molar-refractivity contribution in [2.75, 3.05) is 18.0 Å².